The summed E-state index contributed by atoms with van der Waals surface area (Å²) in [6.07, 6.45) is 4.98. The average Bonchev–Trinajstić information content (AvgIpc) is 2.34. The van der Waals surface area contributed by atoms with Gasteiger partial charge in [-0.15, -0.1) is 0 Å². The lowest BCUT2D eigenvalue weighted by atomic mass is 10.1. The Bertz CT molecular complexity index is 261. The number of hydrogen-bond donors (Lipinski definition) is 1. The molecule has 1 heterocycles. The summed E-state index contributed by atoms with van der Waals surface area (Å²) >= 11 is 0. The van der Waals surface area contributed by atoms with Crippen LogP contribution in [-0.4, -0.2) is 12.5 Å². The summed E-state index contributed by atoms with van der Waals surface area (Å²) in [5, 5.41) is 2.81. The van der Waals surface area contributed by atoms with Crippen LogP contribution in [0.3, 0.4) is 0 Å². The number of carbonyl (C=O) groups is 1. The van der Waals surface area contributed by atoms with Crippen molar-refractivity contribution < 1.29 is 4.79 Å². The van der Waals surface area contributed by atoms with Crippen molar-refractivity contribution >= 4 is 5.91 Å². The summed E-state index contributed by atoms with van der Waals surface area (Å²) in [6, 6.07) is 0. The first-order chi connectivity index (χ1) is 6.11. The van der Waals surface area contributed by atoms with E-state index < -0.39 is 0 Å². The van der Waals surface area contributed by atoms with Crippen molar-refractivity contribution in [2.24, 2.45) is 5.92 Å². The fourth-order valence-corrected chi connectivity index (χ4v) is 1.35. The Labute approximate surface area is 79.7 Å². The molecule has 0 atom stereocenters. The summed E-state index contributed by atoms with van der Waals surface area (Å²) in [5.74, 6) is 0.663. The molecule has 0 radical (unpaired) electrons. The third kappa shape index (κ3) is 2.72. The van der Waals surface area contributed by atoms with Crippen LogP contribution in [0.1, 0.15) is 27.2 Å². The highest BCUT2D eigenvalue weighted by molar-refractivity contribution is 5.97. The van der Waals surface area contributed by atoms with Crippen LogP contribution in [0.25, 0.3) is 0 Å². The molecule has 1 amide bonds. The number of amides is 1. The minimum Gasteiger partial charge on any atom is -0.349 e. The van der Waals surface area contributed by atoms with E-state index in [0.717, 1.165) is 18.5 Å². The topological polar surface area (TPSA) is 29.1 Å². The van der Waals surface area contributed by atoms with E-state index in [4.69, 9.17) is 0 Å². The van der Waals surface area contributed by atoms with Crippen LogP contribution in [-0.2, 0) is 4.79 Å². The molecule has 0 aliphatic carbocycles. The lowest BCUT2D eigenvalue weighted by Gasteiger charge is -1.97. The van der Waals surface area contributed by atoms with Gasteiger partial charge in [-0.05, 0) is 24.8 Å². The molecule has 2 heteroatoms. The van der Waals surface area contributed by atoms with Gasteiger partial charge in [0, 0.05) is 12.1 Å². The highest BCUT2D eigenvalue weighted by atomic mass is 16.1. The molecule has 0 saturated heterocycles. The fraction of sp³-hybridized carbons (Fsp3) is 0.545. The summed E-state index contributed by atoms with van der Waals surface area (Å²) < 4.78 is 0. The van der Waals surface area contributed by atoms with E-state index in [2.05, 4.69) is 31.3 Å². The third-order valence-corrected chi connectivity index (χ3v) is 2.15. The van der Waals surface area contributed by atoms with Crippen molar-refractivity contribution in [3.05, 3.63) is 23.3 Å². The van der Waals surface area contributed by atoms with Gasteiger partial charge in [-0.1, -0.05) is 26.0 Å². The predicted octanol–water partition coefficient (Wildman–Crippen LogP) is 2.04. The van der Waals surface area contributed by atoms with Gasteiger partial charge in [-0.2, -0.15) is 0 Å². The van der Waals surface area contributed by atoms with E-state index in [9.17, 15) is 4.79 Å². The normalized spacial score (nSPS) is 17.7. The second-order valence-corrected chi connectivity index (χ2v) is 3.82. The van der Waals surface area contributed by atoms with E-state index in [0.29, 0.717) is 5.92 Å². The maximum absolute atomic E-state index is 11.3. The van der Waals surface area contributed by atoms with Crippen molar-refractivity contribution in [2.45, 2.75) is 27.2 Å². The first kappa shape index (κ1) is 10.0. The monoisotopic (exact) mass is 179 g/mol. The second-order valence-electron chi connectivity index (χ2n) is 3.82. The molecule has 0 aromatic heterocycles. The van der Waals surface area contributed by atoms with Crippen molar-refractivity contribution in [1.82, 2.24) is 5.32 Å². The molecule has 72 valence electrons. The molecule has 0 unspecified atom stereocenters. The van der Waals surface area contributed by atoms with Crippen LogP contribution in [0.5, 0.6) is 0 Å². The summed E-state index contributed by atoms with van der Waals surface area (Å²) in [6.45, 7) is 7.00. The van der Waals surface area contributed by atoms with Crippen molar-refractivity contribution in [2.75, 3.05) is 6.54 Å². The molecule has 0 spiro atoms. The molecule has 0 aromatic rings. The Balaban J connectivity index is 2.54. The Morgan fingerprint density at radius 1 is 1.54 bits per heavy atom. The minimum absolute atomic E-state index is 0.103. The van der Waals surface area contributed by atoms with Gasteiger partial charge in [0.1, 0.15) is 0 Å². The van der Waals surface area contributed by atoms with Gasteiger partial charge in [0.25, 0.3) is 0 Å². The number of carbonyl (C=O) groups excluding carboxylic acids is 1. The molecular weight excluding hydrogens is 162 g/mol. The zero-order valence-corrected chi connectivity index (χ0v) is 8.55. The van der Waals surface area contributed by atoms with Crippen molar-refractivity contribution in [3.63, 3.8) is 0 Å². The summed E-state index contributed by atoms with van der Waals surface area (Å²) in [5.41, 5.74) is 2.12. The standard InChI is InChI=1S/C11H17NO/c1-8(2)5-4-6-10-9(3)7-12-11(10)13/h4-5,8H,6-7H2,1-3H3,(H,12,13)/b5-4-. The van der Waals surface area contributed by atoms with Gasteiger partial charge in [0.15, 0.2) is 0 Å². The summed E-state index contributed by atoms with van der Waals surface area (Å²) in [4.78, 5) is 11.3. The molecule has 0 bridgehead atoms. The van der Waals surface area contributed by atoms with Crippen LogP contribution in [0.4, 0.5) is 0 Å². The largest absolute Gasteiger partial charge is 0.349 e. The highest BCUT2D eigenvalue weighted by Gasteiger charge is 2.17. The third-order valence-electron chi connectivity index (χ3n) is 2.15. The Kier molecular flexibility index (Phi) is 3.29. The van der Waals surface area contributed by atoms with Crippen LogP contribution in [0.15, 0.2) is 23.3 Å². The molecule has 0 aromatic carbocycles. The Morgan fingerprint density at radius 3 is 2.69 bits per heavy atom. The van der Waals surface area contributed by atoms with Crippen LogP contribution < -0.4 is 5.32 Å². The predicted molar refractivity (Wildman–Crippen MR) is 54.3 cm³/mol. The quantitative estimate of drug-likeness (QED) is 0.660. The zero-order chi connectivity index (χ0) is 9.84. The Morgan fingerprint density at radius 2 is 2.23 bits per heavy atom. The van der Waals surface area contributed by atoms with Gasteiger partial charge < -0.3 is 5.32 Å². The van der Waals surface area contributed by atoms with Crippen LogP contribution in [0, 0.1) is 5.92 Å². The lowest BCUT2D eigenvalue weighted by Crippen LogP contribution is -2.17. The van der Waals surface area contributed by atoms with E-state index in [1.165, 1.54) is 5.57 Å². The first-order valence-corrected chi connectivity index (χ1v) is 4.74. The lowest BCUT2D eigenvalue weighted by molar-refractivity contribution is -0.116. The molecule has 13 heavy (non-hydrogen) atoms. The SMILES string of the molecule is CC1=C(C/C=C\C(C)C)C(=O)NC1. The van der Waals surface area contributed by atoms with E-state index in [1.54, 1.807) is 0 Å². The van der Waals surface area contributed by atoms with Crippen LogP contribution in [0.2, 0.25) is 0 Å². The number of hydrogen-bond acceptors (Lipinski definition) is 1. The van der Waals surface area contributed by atoms with Gasteiger partial charge in [-0.25, -0.2) is 0 Å². The van der Waals surface area contributed by atoms with Gasteiger partial charge in [0.2, 0.25) is 5.91 Å². The van der Waals surface area contributed by atoms with E-state index in [-0.39, 0.29) is 5.91 Å². The smallest absolute Gasteiger partial charge is 0.247 e. The van der Waals surface area contributed by atoms with Crippen molar-refractivity contribution in [1.29, 1.82) is 0 Å². The van der Waals surface area contributed by atoms with E-state index in [1.807, 2.05) is 6.92 Å². The molecule has 1 rings (SSSR count). The first-order valence-electron chi connectivity index (χ1n) is 4.74. The molecule has 2 nitrogen and oxygen atoms in total. The van der Waals surface area contributed by atoms with Crippen molar-refractivity contribution in [3.8, 4) is 0 Å². The number of allylic oxidation sites excluding steroid dienone is 2. The van der Waals surface area contributed by atoms with Gasteiger partial charge in [-0.3, -0.25) is 4.79 Å². The number of rotatable bonds is 3. The maximum atomic E-state index is 11.3. The highest BCUT2D eigenvalue weighted by Crippen LogP contribution is 2.14. The molecule has 0 saturated carbocycles. The average molecular weight is 179 g/mol. The van der Waals surface area contributed by atoms with Gasteiger partial charge >= 0.3 is 0 Å². The zero-order valence-electron chi connectivity index (χ0n) is 8.55. The molecule has 1 N–H and O–H groups in total. The molecule has 1 aliphatic rings. The van der Waals surface area contributed by atoms with Crippen LogP contribution >= 0.6 is 0 Å². The number of nitrogens with one attached hydrogen (secondary N) is 1. The van der Waals surface area contributed by atoms with Gasteiger partial charge in [0.05, 0.1) is 0 Å². The molecule has 0 fully saturated rings. The molecular formula is C11H17NO. The Hall–Kier alpha value is -1.05. The maximum Gasteiger partial charge on any atom is 0.247 e. The fourth-order valence-electron chi connectivity index (χ4n) is 1.35. The minimum atomic E-state index is 0.103. The molecule has 1 aliphatic heterocycles. The summed E-state index contributed by atoms with van der Waals surface area (Å²) in [7, 11) is 0. The van der Waals surface area contributed by atoms with E-state index >= 15 is 0 Å². The second kappa shape index (κ2) is 4.26.